The molecule has 3 nitrogen and oxygen atoms in total. The molecular weight excluding hydrogens is 264 g/mol. The molecule has 106 valence electrons. The molecule has 3 heteroatoms. The molecule has 0 bridgehead atoms. The van der Waals surface area contributed by atoms with Crippen LogP contribution in [0.15, 0.2) is 35.4 Å². The van der Waals surface area contributed by atoms with Crippen molar-refractivity contribution in [1.29, 1.82) is 0 Å². The zero-order chi connectivity index (χ0) is 14.6. The second-order valence-corrected chi connectivity index (χ2v) is 6.23. The van der Waals surface area contributed by atoms with Crippen LogP contribution in [0.1, 0.15) is 42.7 Å². The third kappa shape index (κ3) is 1.76. The highest BCUT2D eigenvalue weighted by Crippen LogP contribution is 2.47. The summed E-state index contributed by atoms with van der Waals surface area (Å²) in [5, 5.41) is 0. The van der Waals surface area contributed by atoms with Gasteiger partial charge in [0.1, 0.15) is 5.78 Å². The van der Waals surface area contributed by atoms with Crippen molar-refractivity contribution in [2.45, 2.75) is 38.0 Å². The molecule has 0 spiro atoms. The standard InChI is InChI=1S/C18H16O3/c19-14-7-3-6-12-17-13(9-16(21)18(12)14)11-5-2-1-4-10(11)8-15(17)20/h1-2,4-5,13,17H,3,6-9H2. The van der Waals surface area contributed by atoms with Gasteiger partial charge in [-0.05, 0) is 29.5 Å². The number of carbonyl (C=O) groups is 3. The van der Waals surface area contributed by atoms with Crippen molar-refractivity contribution in [3.05, 3.63) is 46.5 Å². The van der Waals surface area contributed by atoms with E-state index >= 15 is 0 Å². The molecule has 2 unspecified atom stereocenters. The van der Waals surface area contributed by atoms with E-state index in [0.717, 1.165) is 29.5 Å². The van der Waals surface area contributed by atoms with Gasteiger partial charge in [0.2, 0.25) is 0 Å². The second-order valence-electron chi connectivity index (χ2n) is 6.23. The Kier molecular flexibility index (Phi) is 2.71. The molecule has 0 aromatic heterocycles. The molecule has 0 saturated carbocycles. The van der Waals surface area contributed by atoms with Crippen molar-refractivity contribution < 1.29 is 14.4 Å². The maximum absolute atomic E-state index is 12.6. The molecule has 21 heavy (non-hydrogen) atoms. The van der Waals surface area contributed by atoms with E-state index in [1.807, 2.05) is 24.3 Å². The zero-order valence-corrected chi connectivity index (χ0v) is 11.7. The quantitative estimate of drug-likeness (QED) is 0.686. The van der Waals surface area contributed by atoms with Crippen molar-refractivity contribution in [2.24, 2.45) is 5.92 Å². The fraction of sp³-hybridized carbons (Fsp3) is 0.389. The number of fused-ring (bicyclic) bond motifs is 4. The van der Waals surface area contributed by atoms with Crippen LogP contribution < -0.4 is 0 Å². The Bertz CT molecular complexity index is 711. The predicted molar refractivity (Wildman–Crippen MR) is 76.9 cm³/mol. The molecule has 0 fully saturated rings. The number of carbonyl (C=O) groups excluding carboxylic acids is 3. The lowest BCUT2D eigenvalue weighted by atomic mass is 9.62. The monoisotopic (exact) mass is 280 g/mol. The van der Waals surface area contributed by atoms with Gasteiger partial charge in [0, 0.05) is 31.1 Å². The van der Waals surface area contributed by atoms with E-state index in [9.17, 15) is 14.4 Å². The molecular formula is C18H16O3. The van der Waals surface area contributed by atoms with E-state index in [2.05, 4.69) is 0 Å². The van der Waals surface area contributed by atoms with Gasteiger partial charge >= 0.3 is 0 Å². The van der Waals surface area contributed by atoms with Crippen LogP contribution in [-0.4, -0.2) is 17.3 Å². The number of allylic oxidation sites excluding steroid dienone is 2. The predicted octanol–water partition coefficient (Wildman–Crippen LogP) is 2.53. The number of Topliss-reactive ketones (excluding diaryl/α,β-unsaturated/α-hetero) is 3. The summed E-state index contributed by atoms with van der Waals surface area (Å²) in [6.45, 7) is 0. The maximum atomic E-state index is 12.6. The van der Waals surface area contributed by atoms with Gasteiger partial charge in [-0.25, -0.2) is 0 Å². The summed E-state index contributed by atoms with van der Waals surface area (Å²) in [4.78, 5) is 37.1. The molecule has 3 aliphatic rings. The summed E-state index contributed by atoms with van der Waals surface area (Å²) < 4.78 is 0. The minimum absolute atomic E-state index is 0.0497. The second kappa shape index (κ2) is 4.48. The lowest BCUT2D eigenvalue weighted by Crippen LogP contribution is -2.39. The SMILES string of the molecule is O=C1CCCC2=C1C(=O)CC1c3ccccc3CC(=O)C21. The average molecular weight is 280 g/mol. The maximum Gasteiger partial charge on any atom is 0.167 e. The highest BCUT2D eigenvalue weighted by Gasteiger charge is 2.46. The molecule has 4 rings (SSSR count). The molecule has 0 radical (unpaired) electrons. The van der Waals surface area contributed by atoms with Crippen LogP contribution in [0.4, 0.5) is 0 Å². The Balaban J connectivity index is 1.90. The first-order chi connectivity index (χ1) is 10.2. The van der Waals surface area contributed by atoms with Crippen molar-refractivity contribution in [3.8, 4) is 0 Å². The number of benzene rings is 1. The van der Waals surface area contributed by atoms with Gasteiger partial charge in [0.15, 0.2) is 11.6 Å². The number of hydrogen-bond acceptors (Lipinski definition) is 3. The molecule has 0 saturated heterocycles. The first-order valence-corrected chi connectivity index (χ1v) is 7.57. The molecule has 3 aliphatic carbocycles. The largest absolute Gasteiger partial charge is 0.299 e. The highest BCUT2D eigenvalue weighted by molar-refractivity contribution is 6.23. The molecule has 0 N–H and O–H groups in total. The highest BCUT2D eigenvalue weighted by atomic mass is 16.2. The van der Waals surface area contributed by atoms with Crippen LogP contribution in [0.2, 0.25) is 0 Å². The number of rotatable bonds is 0. The van der Waals surface area contributed by atoms with Gasteiger partial charge in [0.05, 0.1) is 5.57 Å². The number of hydrogen-bond donors (Lipinski definition) is 0. The topological polar surface area (TPSA) is 51.2 Å². The molecule has 2 atom stereocenters. The Hall–Kier alpha value is -2.03. The Labute approximate surface area is 123 Å². The van der Waals surface area contributed by atoms with Crippen molar-refractivity contribution >= 4 is 17.3 Å². The summed E-state index contributed by atoms with van der Waals surface area (Å²) >= 11 is 0. The lowest BCUT2D eigenvalue weighted by Gasteiger charge is -2.39. The fourth-order valence-corrected chi connectivity index (χ4v) is 4.24. The van der Waals surface area contributed by atoms with Crippen molar-refractivity contribution in [1.82, 2.24) is 0 Å². The van der Waals surface area contributed by atoms with Gasteiger partial charge in [-0.15, -0.1) is 0 Å². The van der Waals surface area contributed by atoms with Gasteiger partial charge in [-0.3, -0.25) is 14.4 Å². The summed E-state index contributed by atoms with van der Waals surface area (Å²) in [5.74, 6) is -0.225. The van der Waals surface area contributed by atoms with Gasteiger partial charge < -0.3 is 0 Å². The van der Waals surface area contributed by atoms with E-state index in [4.69, 9.17) is 0 Å². The Morgan fingerprint density at radius 3 is 2.62 bits per heavy atom. The molecule has 0 amide bonds. The van der Waals surface area contributed by atoms with E-state index in [1.165, 1.54) is 0 Å². The Morgan fingerprint density at radius 1 is 0.952 bits per heavy atom. The lowest BCUT2D eigenvalue weighted by molar-refractivity contribution is -0.125. The summed E-state index contributed by atoms with van der Waals surface area (Å²) in [7, 11) is 0. The van der Waals surface area contributed by atoms with E-state index in [0.29, 0.717) is 24.8 Å². The fourth-order valence-electron chi connectivity index (χ4n) is 4.24. The zero-order valence-electron chi connectivity index (χ0n) is 11.7. The smallest absolute Gasteiger partial charge is 0.167 e. The van der Waals surface area contributed by atoms with Crippen LogP contribution in [0, 0.1) is 5.92 Å². The first kappa shape index (κ1) is 12.7. The van der Waals surface area contributed by atoms with Crippen molar-refractivity contribution in [3.63, 3.8) is 0 Å². The normalized spacial score (nSPS) is 28.1. The minimum atomic E-state index is -0.239. The van der Waals surface area contributed by atoms with Crippen LogP contribution in [0.5, 0.6) is 0 Å². The van der Waals surface area contributed by atoms with Crippen molar-refractivity contribution in [2.75, 3.05) is 0 Å². The van der Waals surface area contributed by atoms with Gasteiger partial charge in [0.25, 0.3) is 0 Å². The van der Waals surface area contributed by atoms with Gasteiger partial charge in [-0.1, -0.05) is 24.3 Å². The molecule has 0 heterocycles. The summed E-state index contributed by atoms with van der Waals surface area (Å²) in [5.41, 5.74) is 3.38. The summed E-state index contributed by atoms with van der Waals surface area (Å²) in [6.07, 6.45) is 2.67. The molecule has 0 aliphatic heterocycles. The molecule has 1 aromatic rings. The summed E-state index contributed by atoms with van der Waals surface area (Å²) in [6, 6.07) is 7.91. The third-order valence-electron chi connectivity index (χ3n) is 5.08. The van der Waals surface area contributed by atoms with Crippen LogP contribution in [-0.2, 0) is 20.8 Å². The minimum Gasteiger partial charge on any atom is -0.299 e. The van der Waals surface area contributed by atoms with Crippen LogP contribution >= 0.6 is 0 Å². The van der Waals surface area contributed by atoms with E-state index in [-0.39, 0.29) is 29.2 Å². The number of ketones is 3. The van der Waals surface area contributed by atoms with Crippen LogP contribution in [0.3, 0.4) is 0 Å². The Morgan fingerprint density at radius 2 is 1.76 bits per heavy atom. The third-order valence-corrected chi connectivity index (χ3v) is 5.08. The van der Waals surface area contributed by atoms with E-state index in [1.54, 1.807) is 0 Å². The van der Waals surface area contributed by atoms with Crippen LogP contribution in [0.25, 0.3) is 0 Å². The van der Waals surface area contributed by atoms with E-state index < -0.39 is 0 Å². The first-order valence-electron chi connectivity index (χ1n) is 7.57. The average Bonchev–Trinajstić information content (AvgIpc) is 2.47. The van der Waals surface area contributed by atoms with Gasteiger partial charge in [-0.2, -0.15) is 0 Å². The molecule has 1 aromatic carbocycles.